The van der Waals surface area contributed by atoms with Crippen LogP contribution in [0, 0.1) is 11.8 Å². The van der Waals surface area contributed by atoms with E-state index in [0.717, 1.165) is 24.9 Å². The summed E-state index contributed by atoms with van der Waals surface area (Å²) < 4.78 is 5.48. The maximum absolute atomic E-state index is 13.2. The van der Waals surface area contributed by atoms with Crippen LogP contribution in [0.15, 0.2) is 0 Å². The van der Waals surface area contributed by atoms with E-state index in [2.05, 4.69) is 27.7 Å². The third kappa shape index (κ3) is 2.10. The number of cyclic esters (lactones) is 1. The Morgan fingerprint density at radius 1 is 1.12 bits per heavy atom. The second-order valence-corrected chi connectivity index (χ2v) is 9.64. The normalized spacial score (nSPS) is 32.3. The number of amides is 1. The second-order valence-electron chi connectivity index (χ2n) is 8.62. The molecule has 1 aliphatic carbocycles. The molecule has 0 aromatic carbocycles. The Kier molecular flexibility index (Phi) is 3.41. The van der Waals surface area contributed by atoms with Gasteiger partial charge in [0.1, 0.15) is 4.88 Å². The van der Waals surface area contributed by atoms with Crippen LogP contribution in [0.5, 0.6) is 0 Å². The lowest BCUT2D eigenvalue weighted by molar-refractivity contribution is -0.127. The summed E-state index contributed by atoms with van der Waals surface area (Å²) in [4.78, 5) is 29.3. The summed E-state index contributed by atoms with van der Waals surface area (Å²) in [5, 5.41) is 0. The highest BCUT2D eigenvalue weighted by molar-refractivity contribution is 7.15. The van der Waals surface area contributed by atoms with Gasteiger partial charge in [0.25, 0.3) is 0 Å². The largest absolute Gasteiger partial charge is 0.437 e. The van der Waals surface area contributed by atoms with Gasteiger partial charge in [0.2, 0.25) is 5.91 Å². The van der Waals surface area contributed by atoms with Crippen molar-refractivity contribution in [3.05, 3.63) is 15.3 Å². The number of rotatable bonds is 0. The number of fused-ring (bicyclic) bond motifs is 2. The zero-order valence-electron chi connectivity index (χ0n) is 15.0. The molecule has 1 aromatic heterocycles. The fourth-order valence-corrected chi connectivity index (χ4v) is 5.93. The van der Waals surface area contributed by atoms with Crippen LogP contribution in [0.4, 0.5) is 5.69 Å². The smallest absolute Gasteiger partial charge is 0.352 e. The van der Waals surface area contributed by atoms with Gasteiger partial charge in [-0.2, -0.15) is 0 Å². The van der Waals surface area contributed by atoms with Gasteiger partial charge in [0.15, 0.2) is 6.23 Å². The van der Waals surface area contributed by atoms with Crippen LogP contribution >= 0.6 is 11.3 Å². The summed E-state index contributed by atoms with van der Waals surface area (Å²) in [6.07, 6.45) is 2.58. The zero-order chi connectivity index (χ0) is 17.4. The minimum atomic E-state index is -0.501. The third-order valence-electron chi connectivity index (χ3n) is 5.71. The summed E-state index contributed by atoms with van der Waals surface area (Å²) in [6.45, 7) is 10.7. The van der Waals surface area contributed by atoms with Crippen molar-refractivity contribution in [1.82, 2.24) is 0 Å². The second kappa shape index (κ2) is 5.07. The Morgan fingerprint density at radius 3 is 2.50 bits per heavy atom. The van der Waals surface area contributed by atoms with Crippen LogP contribution in [0.2, 0.25) is 0 Å². The number of thiophene rings is 1. The van der Waals surface area contributed by atoms with Gasteiger partial charge < -0.3 is 4.74 Å². The van der Waals surface area contributed by atoms with E-state index in [1.54, 1.807) is 4.90 Å². The number of anilines is 1. The molecule has 0 spiro atoms. The Balaban J connectivity index is 1.99. The van der Waals surface area contributed by atoms with Crippen LogP contribution in [-0.2, 0) is 14.9 Å². The first kappa shape index (κ1) is 16.1. The molecule has 4 rings (SSSR count). The van der Waals surface area contributed by atoms with E-state index in [0.29, 0.717) is 10.8 Å². The predicted molar refractivity (Wildman–Crippen MR) is 94.6 cm³/mol. The Morgan fingerprint density at radius 2 is 1.83 bits per heavy atom. The minimum Gasteiger partial charge on any atom is -0.437 e. The van der Waals surface area contributed by atoms with Crippen molar-refractivity contribution in [2.75, 3.05) is 4.90 Å². The number of carbonyl (C=O) groups is 2. The van der Waals surface area contributed by atoms with Crippen LogP contribution in [0.25, 0.3) is 0 Å². The molecule has 3 aliphatic rings. The molecular weight excluding hydrogens is 322 g/mol. The number of nitrogens with zero attached hydrogens (tertiary/aromatic N) is 1. The highest BCUT2D eigenvalue weighted by Crippen LogP contribution is 2.57. The van der Waals surface area contributed by atoms with Gasteiger partial charge in [0, 0.05) is 10.8 Å². The van der Waals surface area contributed by atoms with E-state index in [9.17, 15) is 9.59 Å². The van der Waals surface area contributed by atoms with Crippen molar-refractivity contribution < 1.29 is 14.3 Å². The number of esters is 1. The number of ether oxygens (including phenoxy) is 1. The van der Waals surface area contributed by atoms with Crippen LogP contribution in [0.3, 0.4) is 0 Å². The quantitative estimate of drug-likeness (QED) is 0.652. The van der Waals surface area contributed by atoms with E-state index in [1.165, 1.54) is 21.8 Å². The molecular formula is C19H25NO3S. The zero-order valence-corrected chi connectivity index (χ0v) is 15.8. The Bertz CT molecular complexity index is 730. The van der Waals surface area contributed by atoms with E-state index >= 15 is 0 Å². The van der Waals surface area contributed by atoms with Crippen LogP contribution in [0.1, 0.15) is 79.9 Å². The molecule has 4 atom stereocenters. The molecule has 2 aliphatic heterocycles. The summed E-state index contributed by atoms with van der Waals surface area (Å²) >= 11 is 1.54. The SMILES string of the molecule is CC1OC(=O)c2sc(C(C)(C)C)c3c2N1C(=O)[C@H]1CC[C@H](C)C[C@H]31. The lowest BCUT2D eigenvalue weighted by Crippen LogP contribution is -2.52. The Labute approximate surface area is 147 Å². The van der Waals surface area contributed by atoms with Gasteiger partial charge >= 0.3 is 5.97 Å². The van der Waals surface area contributed by atoms with Crippen molar-refractivity contribution in [1.29, 1.82) is 0 Å². The third-order valence-corrected chi connectivity index (χ3v) is 7.31. The molecule has 130 valence electrons. The maximum atomic E-state index is 13.2. The molecule has 3 heterocycles. The monoisotopic (exact) mass is 347 g/mol. The predicted octanol–water partition coefficient (Wildman–Crippen LogP) is 4.43. The molecule has 0 bridgehead atoms. The van der Waals surface area contributed by atoms with Gasteiger partial charge in [0.05, 0.1) is 5.69 Å². The molecule has 4 nitrogen and oxygen atoms in total. The average Bonchev–Trinajstić information content (AvgIpc) is 2.87. The number of hydrogen-bond acceptors (Lipinski definition) is 4. The van der Waals surface area contributed by atoms with Crippen molar-refractivity contribution in [2.45, 2.75) is 71.4 Å². The molecule has 1 unspecified atom stereocenters. The van der Waals surface area contributed by atoms with Gasteiger partial charge in [-0.25, -0.2) is 4.79 Å². The number of carbonyl (C=O) groups excluding carboxylic acids is 2. The molecule has 1 amide bonds. The lowest BCUT2D eigenvalue weighted by atomic mass is 9.67. The minimum absolute atomic E-state index is 0.0384. The first-order chi connectivity index (χ1) is 11.2. The molecule has 1 aromatic rings. The fraction of sp³-hybridized carbons (Fsp3) is 0.684. The topological polar surface area (TPSA) is 46.6 Å². The van der Waals surface area contributed by atoms with Gasteiger partial charge in [-0.1, -0.05) is 27.7 Å². The van der Waals surface area contributed by atoms with Gasteiger partial charge in [-0.3, -0.25) is 9.69 Å². The molecule has 1 saturated carbocycles. The molecule has 24 heavy (non-hydrogen) atoms. The summed E-state index contributed by atoms with van der Waals surface area (Å²) in [6, 6.07) is 0. The van der Waals surface area contributed by atoms with Crippen molar-refractivity contribution in [3.63, 3.8) is 0 Å². The number of hydrogen-bond donors (Lipinski definition) is 0. The van der Waals surface area contributed by atoms with Gasteiger partial charge in [-0.05, 0) is 49.0 Å². The van der Waals surface area contributed by atoms with Crippen LogP contribution < -0.4 is 4.90 Å². The lowest BCUT2D eigenvalue weighted by Gasteiger charge is -2.46. The highest BCUT2D eigenvalue weighted by atomic mass is 32.1. The summed E-state index contributed by atoms with van der Waals surface area (Å²) in [7, 11) is 0. The van der Waals surface area contributed by atoms with E-state index in [-0.39, 0.29) is 29.1 Å². The van der Waals surface area contributed by atoms with Gasteiger partial charge in [-0.15, -0.1) is 11.3 Å². The average molecular weight is 347 g/mol. The first-order valence-corrected chi connectivity index (χ1v) is 9.73. The standard InChI is InChI=1S/C19H25NO3S/c1-9-6-7-11-12(8-9)13-14-15(24-16(13)19(3,4)5)18(22)23-10(2)20(14)17(11)21/h9-12H,6-8H2,1-5H3/t9-,10?,11-,12-/m0/s1. The fourth-order valence-electron chi connectivity index (χ4n) is 4.62. The highest BCUT2D eigenvalue weighted by Gasteiger charge is 2.51. The Hall–Kier alpha value is -1.36. The molecule has 0 saturated heterocycles. The molecule has 0 radical (unpaired) electrons. The summed E-state index contributed by atoms with van der Waals surface area (Å²) in [5.41, 5.74) is 2.09. The van der Waals surface area contributed by atoms with Crippen molar-refractivity contribution >= 4 is 28.9 Å². The van der Waals surface area contributed by atoms with E-state index in [4.69, 9.17) is 4.74 Å². The van der Waals surface area contributed by atoms with E-state index in [1.807, 2.05) is 6.92 Å². The van der Waals surface area contributed by atoms with Crippen LogP contribution in [-0.4, -0.2) is 18.1 Å². The maximum Gasteiger partial charge on any atom is 0.352 e. The van der Waals surface area contributed by atoms with E-state index < -0.39 is 6.23 Å². The first-order valence-electron chi connectivity index (χ1n) is 8.91. The molecule has 1 fully saturated rings. The van der Waals surface area contributed by atoms with Crippen molar-refractivity contribution in [3.8, 4) is 0 Å². The molecule has 0 N–H and O–H groups in total. The summed E-state index contributed by atoms with van der Waals surface area (Å²) in [5.74, 6) is 0.799. The van der Waals surface area contributed by atoms with Crippen molar-refractivity contribution in [2.24, 2.45) is 11.8 Å². The molecule has 5 heteroatoms.